The van der Waals surface area contributed by atoms with Gasteiger partial charge in [-0.2, -0.15) is 0 Å². The van der Waals surface area contributed by atoms with Crippen LogP contribution in [0.15, 0.2) is 47.3 Å². The summed E-state index contributed by atoms with van der Waals surface area (Å²) in [7, 11) is 1.59. The third-order valence-corrected chi connectivity index (χ3v) is 3.94. The van der Waals surface area contributed by atoms with Gasteiger partial charge in [-0.05, 0) is 42.3 Å². The van der Waals surface area contributed by atoms with Crippen LogP contribution in [0.25, 0.3) is 11.0 Å². The van der Waals surface area contributed by atoms with Crippen molar-refractivity contribution in [1.82, 2.24) is 9.97 Å². The first-order valence-corrected chi connectivity index (χ1v) is 8.34. The summed E-state index contributed by atoms with van der Waals surface area (Å²) < 4.78 is 10.1. The smallest absolute Gasteiger partial charge is 0.323 e. The molecule has 1 heterocycles. The molecule has 1 aromatic heterocycles. The minimum atomic E-state index is -0.454. The number of esters is 1. The number of imidazole rings is 1. The van der Waals surface area contributed by atoms with Crippen LogP contribution in [0.3, 0.4) is 0 Å². The van der Waals surface area contributed by atoms with Crippen LogP contribution in [0.1, 0.15) is 12.0 Å². The first-order chi connectivity index (χ1) is 13.0. The maximum absolute atomic E-state index is 11.9. The largest absolute Gasteiger partial charge is 0.497 e. The topological polar surface area (TPSA) is 113 Å². The molecule has 0 radical (unpaired) electrons. The van der Waals surface area contributed by atoms with Gasteiger partial charge in [0.25, 0.3) is 5.91 Å². The molecule has 140 valence electrons. The molecule has 8 nitrogen and oxygen atoms in total. The molecular weight excluding hydrogens is 350 g/mol. The number of fused-ring (bicyclic) bond motifs is 1. The molecule has 27 heavy (non-hydrogen) atoms. The van der Waals surface area contributed by atoms with E-state index < -0.39 is 11.9 Å². The Hall–Kier alpha value is -3.55. The fourth-order valence-corrected chi connectivity index (χ4v) is 2.56. The Labute approximate surface area is 154 Å². The second-order valence-corrected chi connectivity index (χ2v) is 5.90. The van der Waals surface area contributed by atoms with E-state index >= 15 is 0 Å². The molecule has 8 heteroatoms. The summed E-state index contributed by atoms with van der Waals surface area (Å²) in [6.45, 7) is -0.372. The predicted molar refractivity (Wildman–Crippen MR) is 99.8 cm³/mol. The zero-order valence-corrected chi connectivity index (χ0v) is 14.7. The van der Waals surface area contributed by atoms with Crippen molar-refractivity contribution in [1.29, 1.82) is 0 Å². The summed E-state index contributed by atoms with van der Waals surface area (Å²) in [4.78, 5) is 40.2. The second-order valence-electron chi connectivity index (χ2n) is 5.90. The second kappa shape index (κ2) is 8.22. The van der Waals surface area contributed by atoms with Crippen LogP contribution < -0.4 is 15.7 Å². The van der Waals surface area contributed by atoms with E-state index in [0.29, 0.717) is 23.1 Å². The number of aromatic amines is 2. The van der Waals surface area contributed by atoms with Crippen LogP contribution in [0.4, 0.5) is 5.69 Å². The predicted octanol–water partition coefficient (Wildman–Crippen LogP) is 1.98. The van der Waals surface area contributed by atoms with Crippen LogP contribution in [0, 0.1) is 0 Å². The molecule has 3 N–H and O–H groups in total. The number of ether oxygens (including phenoxy) is 2. The van der Waals surface area contributed by atoms with Crippen LogP contribution in [-0.2, 0) is 20.7 Å². The number of H-pyrrole nitrogens is 2. The number of benzene rings is 2. The number of methoxy groups -OCH3 is 1. The number of hydrogen-bond acceptors (Lipinski definition) is 5. The van der Waals surface area contributed by atoms with Gasteiger partial charge in [-0.15, -0.1) is 0 Å². The quantitative estimate of drug-likeness (QED) is 0.551. The van der Waals surface area contributed by atoms with Crippen LogP contribution in [0.2, 0.25) is 0 Å². The van der Waals surface area contributed by atoms with Gasteiger partial charge in [0.1, 0.15) is 5.75 Å². The zero-order valence-electron chi connectivity index (χ0n) is 14.7. The molecule has 3 aromatic rings. The molecule has 0 saturated carbocycles. The number of aromatic nitrogens is 2. The summed E-state index contributed by atoms with van der Waals surface area (Å²) in [6, 6.07) is 12.3. The lowest BCUT2D eigenvalue weighted by molar-refractivity contribution is -0.147. The lowest BCUT2D eigenvalue weighted by Gasteiger charge is -2.07. The molecule has 3 rings (SSSR count). The molecule has 0 bridgehead atoms. The highest BCUT2D eigenvalue weighted by Crippen LogP contribution is 2.15. The van der Waals surface area contributed by atoms with Crippen LogP contribution in [-0.4, -0.2) is 35.6 Å². The van der Waals surface area contributed by atoms with Crippen LogP contribution >= 0.6 is 0 Å². The van der Waals surface area contributed by atoms with E-state index in [4.69, 9.17) is 9.47 Å². The molecule has 1 amide bonds. The fraction of sp³-hybridized carbons (Fsp3) is 0.211. The van der Waals surface area contributed by atoms with Gasteiger partial charge in [0, 0.05) is 12.1 Å². The normalized spacial score (nSPS) is 10.6. The zero-order chi connectivity index (χ0) is 19.2. The third-order valence-electron chi connectivity index (χ3n) is 3.94. The Morgan fingerprint density at radius 2 is 1.78 bits per heavy atom. The lowest BCUT2D eigenvalue weighted by Crippen LogP contribution is -2.21. The number of amides is 1. The Morgan fingerprint density at radius 3 is 2.52 bits per heavy atom. The molecule has 0 unspecified atom stereocenters. The average Bonchev–Trinajstić information content (AvgIpc) is 3.04. The molecule has 2 aromatic carbocycles. The molecule has 0 aliphatic carbocycles. The summed E-state index contributed by atoms with van der Waals surface area (Å²) in [5.41, 5.74) is 2.37. The summed E-state index contributed by atoms with van der Waals surface area (Å²) in [5.74, 6) is -0.156. The molecule has 0 aliphatic heterocycles. The first-order valence-electron chi connectivity index (χ1n) is 8.34. The Bertz CT molecular complexity index is 1000. The average molecular weight is 369 g/mol. The van der Waals surface area contributed by atoms with Crippen molar-refractivity contribution < 1.29 is 19.1 Å². The number of hydrogen-bond donors (Lipinski definition) is 3. The Morgan fingerprint density at radius 1 is 1.04 bits per heavy atom. The summed E-state index contributed by atoms with van der Waals surface area (Å²) >= 11 is 0. The van der Waals surface area contributed by atoms with E-state index in [1.165, 1.54) is 0 Å². The molecule has 0 saturated heterocycles. The molecule has 0 aliphatic rings. The van der Waals surface area contributed by atoms with Crippen molar-refractivity contribution in [3.8, 4) is 5.75 Å². The van der Waals surface area contributed by atoms with Gasteiger partial charge < -0.3 is 24.8 Å². The number of carbonyl (C=O) groups excluding carboxylic acids is 2. The van der Waals surface area contributed by atoms with Crippen molar-refractivity contribution in [2.75, 3.05) is 19.0 Å². The number of carbonyl (C=O) groups is 2. The highest BCUT2D eigenvalue weighted by atomic mass is 16.5. The van der Waals surface area contributed by atoms with Gasteiger partial charge in [-0.1, -0.05) is 12.1 Å². The lowest BCUT2D eigenvalue weighted by atomic mass is 10.1. The maximum Gasteiger partial charge on any atom is 0.323 e. The maximum atomic E-state index is 11.9. The highest BCUT2D eigenvalue weighted by Gasteiger charge is 2.09. The van der Waals surface area contributed by atoms with Crippen molar-refractivity contribution in [3.05, 3.63) is 58.5 Å². The molecular formula is C19H19N3O5. The summed E-state index contributed by atoms with van der Waals surface area (Å²) in [5, 5.41) is 2.62. The Kier molecular flexibility index (Phi) is 5.55. The fourth-order valence-electron chi connectivity index (χ4n) is 2.56. The van der Waals surface area contributed by atoms with Crippen molar-refractivity contribution in [2.24, 2.45) is 0 Å². The van der Waals surface area contributed by atoms with E-state index in [1.54, 1.807) is 25.3 Å². The SMILES string of the molecule is COc1ccc(CCC(=O)OCC(=O)Nc2ccc3[nH]c(=O)[nH]c3c2)cc1. The van der Waals surface area contributed by atoms with E-state index in [1.807, 2.05) is 24.3 Å². The first kappa shape index (κ1) is 18.2. The van der Waals surface area contributed by atoms with Gasteiger partial charge >= 0.3 is 11.7 Å². The minimum absolute atomic E-state index is 0.177. The number of rotatable bonds is 7. The van der Waals surface area contributed by atoms with E-state index in [0.717, 1.165) is 11.3 Å². The number of aryl methyl sites for hydroxylation is 1. The molecule has 0 atom stereocenters. The minimum Gasteiger partial charge on any atom is -0.497 e. The monoisotopic (exact) mass is 369 g/mol. The van der Waals surface area contributed by atoms with Crippen molar-refractivity contribution in [3.63, 3.8) is 0 Å². The van der Waals surface area contributed by atoms with E-state index in [2.05, 4.69) is 15.3 Å². The third kappa shape index (κ3) is 4.97. The van der Waals surface area contributed by atoms with Crippen LogP contribution in [0.5, 0.6) is 5.75 Å². The summed E-state index contributed by atoms with van der Waals surface area (Å²) in [6.07, 6.45) is 0.693. The van der Waals surface area contributed by atoms with Gasteiger partial charge in [-0.3, -0.25) is 9.59 Å². The molecule has 0 spiro atoms. The standard InChI is InChI=1S/C19H19N3O5/c1-26-14-6-2-12(3-7-14)4-9-18(24)27-11-17(23)20-13-5-8-15-16(10-13)22-19(25)21-15/h2-3,5-8,10H,4,9,11H2,1H3,(H,20,23)(H2,21,22,25). The van der Waals surface area contributed by atoms with Crippen molar-refractivity contribution >= 4 is 28.6 Å². The van der Waals surface area contributed by atoms with E-state index in [-0.39, 0.29) is 18.7 Å². The van der Waals surface area contributed by atoms with E-state index in [9.17, 15) is 14.4 Å². The van der Waals surface area contributed by atoms with Gasteiger partial charge in [-0.25, -0.2) is 4.79 Å². The van der Waals surface area contributed by atoms with Crippen molar-refractivity contribution in [2.45, 2.75) is 12.8 Å². The van der Waals surface area contributed by atoms with Gasteiger partial charge in [0.15, 0.2) is 6.61 Å². The van der Waals surface area contributed by atoms with Gasteiger partial charge in [0.05, 0.1) is 18.1 Å². The highest BCUT2D eigenvalue weighted by molar-refractivity contribution is 5.94. The number of anilines is 1. The Balaban J connectivity index is 1.44. The van der Waals surface area contributed by atoms with Gasteiger partial charge in [0.2, 0.25) is 0 Å². The number of nitrogens with one attached hydrogen (secondary N) is 3. The molecule has 0 fully saturated rings.